The Labute approximate surface area is 367 Å². The molecule has 10 aromatic rings. The van der Waals surface area contributed by atoms with E-state index in [4.69, 9.17) is 9.47 Å². The van der Waals surface area contributed by atoms with E-state index in [-0.39, 0.29) is 48.7 Å². The topological polar surface area (TPSA) is 408 Å². The second-order valence-electron chi connectivity index (χ2n) is 15.2. The van der Waals surface area contributed by atoms with Crippen molar-refractivity contribution in [1.82, 2.24) is 4.57 Å². The van der Waals surface area contributed by atoms with Gasteiger partial charge in [-0.2, -0.15) is 0 Å². The first-order chi connectivity index (χ1) is 31.2. The van der Waals surface area contributed by atoms with Crippen LogP contribution >= 0.6 is 22.7 Å². The second kappa shape index (κ2) is 11.6. The summed E-state index contributed by atoms with van der Waals surface area (Å²) in [5.74, 6) is -23.1. The highest BCUT2D eigenvalue weighted by Crippen LogP contribution is 2.69. The van der Waals surface area contributed by atoms with E-state index in [2.05, 4.69) is 0 Å². The lowest BCUT2D eigenvalue weighted by atomic mass is 9.94. The molecule has 0 saturated carbocycles. The third-order valence-electron chi connectivity index (χ3n) is 12.0. The highest BCUT2D eigenvalue weighted by Gasteiger charge is 2.43. The Balaban J connectivity index is 1.22. The Morgan fingerprint density at radius 1 is 0.303 bits per heavy atom. The van der Waals surface area contributed by atoms with Crippen molar-refractivity contribution in [1.29, 1.82) is 0 Å². The molecule has 0 radical (unpaired) electrons. The van der Waals surface area contributed by atoms with Crippen molar-refractivity contribution in [3.05, 3.63) is 12.1 Å². The zero-order valence-electron chi connectivity index (χ0n) is 31.7. The molecule has 0 unspecified atom stereocenters. The van der Waals surface area contributed by atoms with Crippen molar-refractivity contribution in [3.63, 3.8) is 0 Å². The SMILES string of the molecule is Oc1c(O)c(O)c2c(sc3c(-c4cc5c6c(c4)Oc4c(O)c(-c7c(O)c(O)c(O)c8c7sc7c(O)c(O)c(O)c(O)c78)c(O)c7c8c(O)c(O)c(O)c(c8n-6c47)O5)c(O)c(O)c(O)c32)c1O. The first kappa shape index (κ1) is 38.3. The minimum absolute atomic E-state index is 0.0856. The lowest BCUT2D eigenvalue weighted by Gasteiger charge is -2.29. The van der Waals surface area contributed by atoms with Crippen LogP contribution in [0.15, 0.2) is 12.1 Å². The van der Waals surface area contributed by atoms with Gasteiger partial charge in [0.15, 0.2) is 80.5 Å². The summed E-state index contributed by atoms with van der Waals surface area (Å²) < 4.78 is 12.3. The summed E-state index contributed by atoms with van der Waals surface area (Å²) in [5, 5.41) is 208. The number of nitrogens with zero attached hydrogens (tertiary/aromatic N) is 1. The highest BCUT2D eigenvalue weighted by molar-refractivity contribution is 7.27. The fourth-order valence-corrected chi connectivity index (χ4v) is 11.7. The Hall–Kier alpha value is -9.42. The summed E-state index contributed by atoms with van der Waals surface area (Å²) in [6.07, 6.45) is 0. The molecule has 19 N–H and O–H groups in total. The van der Waals surface area contributed by atoms with Gasteiger partial charge in [-0.1, -0.05) is 0 Å². The van der Waals surface area contributed by atoms with Gasteiger partial charge in [0.1, 0.15) is 22.5 Å². The van der Waals surface area contributed by atoms with Gasteiger partial charge in [-0.15, -0.1) is 22.7 Å². The average molecular weight is 940 g/mol. The van der Waals surface area contributed by atoms with E-state index in [0.29, 0.717) is 22.7 Å². The van der Waals surface area contributed by atoms with E-state index >= 15 is 0 Å². The number of hydrogen-bond donors (Lipinski definition) is 19. The number of thiophene rings is 2. The van der Waals surface area contributed by atoms with Crippen molar-refractivity contribution in [2.24, 2.45) is 0 Å². The van der Waals surface area contributed by atoms with Crippen LogP contribution in [-0.4, -0.2) is 102 Å². The van der Waals surface area contributed by atoms with Crippen molar-refractivity contribution in [2.75, 3.05) is 0 Å². The van der Waals surface area contributed by atoms with Crippen LogP contribution in [0.3, 0.4) is 0 Å². The average Bonchev–Trinajstić information content (AvgIpc) is 4.00. The standard InChI is InChI=1S/C42H21NO21S2/c44-18-7-8-17-38(34(60)31(57)20(8)46)64-5-2-3(6-19(45)27(53)22(48)11-13-24(50)29(55)32(58)35(61)41(13)65-39(6)11)1-4-15(5)43(17)16(7)37(63-4)26(52)9(18)10-21(47)28(54)23(49)12-14-25(51)30(56)33(59)36(62)42(14)66-40(10)12/h1-2,44-62H. The van der Waals surface area contributed by atoms with Gasteiger partial charge in [0.05, 0.1) is 62.2 Å². The molecule has 12 rings (SSSR count). The molecule has 0 saturated heterocycles. The van der Waals surface area contributed by atoms with Gasteiger partial charge in [-0.05, 0) is 17.7 Å². The van der Waals surface area contributed by atoms with E-state index in [1.807, 2.05) is 0 Å². The maximum absolute atomic E-state index is 12.3. The van der Waals surface area contributed by atoms with Crippen molar-refractivity contribution >= 4 is 84.8 Å². The molecule has 0 bridgehead atoms. The number of hydrogen-bond acceptors (Lipinski definition) is 23. The van der Waals surface area contributed by atoms with Crippen LogP contribution in [0.25, 0.3) is 90.1 Å². The van der Waals surface area contributed by atoms with Crippen LogP contribution in [-0.2, 0) is 0 Å². The Morgan fingerprint density at radius 2 is 0.652 bits per heavy atom. The van der Waals surface area contributed by atoms with E-state index in [1.165, 1.54) is 16.7 Å². The normalized spacial score (nSPS) is 12.7. The molecule has 332 valence electrons. The maximum atomic E-state index is 12.3. The van der Waals surface area contributed by atoms with Crippen LogP contribution in [0.1, 0.15) is 0 Å². The van der Waals surface area contributed by atoms with Gasteiger partial charge in [-0.3, -0.25) is 4.57 Å². The van der Waals surface area contributed by atoms with Gasteiger partial charge in [0.25, 0.3) is 0 Å². The number of ether oxygens (including phenoxy) is 2. The van der Waals surface area contributed by atoms with Crippen LogP contribution in [0, 0.1) is 0 Å². The molecule has 66 heavy (non-hydrogen) atoms. The molecular weight excluding hydrogens is 919 g/mol. The fourth-order valence-electron chi connectivity index (χ4n) is 9.12. The van der Waals surface area contributed by atoms with Gasteiger partial charge in [0, 0.05) is 5.56 Å². The van der Waals surface area contributed by atoms with Crippen LogP contribution in [0.2, 0.25) is 0 Å². The van der Waals surface area contributed by atoms with Crippen molar-refractivity contribution in [2.45, 2.75) is 0 Å². The molecule has 3 aromatic heterocycles. The number of rotatable bonds is 2. The van der Waals surface area contributed by atoms with E-state index < -0.39 is 174 Å². The summed E-state index contributed by atoms with van der Waals surface area (Å²) in [6, 6.07) is 2.38. The number of phenolic OH excluding ortho intramolecular Hbond substituents is 19. The molecule has 2 aliphatic rings. The third kappa shape index (κ3) is 3.97. The summed E-state index contributed by atoms with van der Waals surface area (Å²) in [4.78, 5) is 0. The Kier molecular flexibility index (Phi) is 6.71. The molecule has 24 heteroatoms. The van der Waals surface area contributed by atoms with Crippen molar-refractivity contribution in [3.8, 4) is 160 Å². The zero-order chi connectivity index (χ0) is 46.9. The molecule has 22 nitrogen and oxygen atoms in total. The number of phenols is 19. The van der Waals surface area contributed by atoms with E-state index in [9.17, 15) is 97.0 Å². The predicted octanol–water partition coefficient (Wildman–Crippen LogP) is 7.47. The Bertz CT molecular complexity index is 4110. The zero-order valence-corrected chi connectivity index (χ0v) is 33.4. The van der Waals surface area contributed by atoms with Crippen LogP contribution in [0.5, 0.6) is 132 Å². The largest absolute Gasteiger partial charge is 0.506 e. The summed E-state index contributed by atoms with van der Waals surface area (Å²) in [6.45, 7) is 0. The van der Waals surface area contributed by atoms with Gasteiger partial charge < -0.3 is 106 Å². The van der Waals surface area contributed by atoms with E-state index in [1.54, 1.807) is 0 Å². The predicted molar refractivity (Wildman–Crippen MR) is 229 cm³/mol. The third-order valence-corrected chi connectivity index (χ3v) is 14.4. The monoisotopic (exact) mass is 939 g/mol. The van der Waals surface area contributed by atoms with E-state index in [0.717, 1.165) is 0 Å². The molecule has 0 fully saturated rings. The lowest BCUT2D eigenvalue weighted by molar-refractivity contribution is 0.350. The summed E-state index contributed by atoms with van der Waals surface area (Å²) in [5.41, 5.74) is -2.81. The molecule has 0 spiro atoms. The highest BCUT2D eigenvalue weighted by atomic mass is 32.1. The number of aromatic hydroxyl groups is 19. The van der Waals surface area contributed by atoms with Gasteiger partial charge in [-0.25, -0.2) is 0 Å². The number of aromatic nitrogens is 1. The number of benzene rings is 7. The molecule has 0 amide bonds. The lowest BCUT2D eigenvalue weighted by Crippen LogP contribution is -2.10. The Morgan fingerprint density at radius 3 is 1.14 bits per heavy atom. The molecule has 0 atom stereocenters. The molecular formula is C42H21NO21S2. The minimum Gasteiger partial charge on any atom is -0.506 e. The quantitative estimate of drug-likeness (QED) is 0.0590. The van der Waals surface area contributed by atoms with Gasteiger partial charge in [0.2, 0.25) is 46.0 Å². The summed E-state index contributed by atoms with van der Waals surface area (Å²) >= 11 is 0.974. The van der Waals surface area contributed by atoms with Gasteiger partial charge >= 0.3 is 0 Å². The van der Waals surface area contributed by atoms with Crippen molar-refractivity contribution < 1.29 is 106 Å². The molecule has 7 aromatic carbocycles. The number of fused-ring (bicyclic) bond motifs is 7. The first-order valence-electron chi connectivity index (χ1n) is 18.5. The minimum atomic E-state index is -1.32. The second-order valence-corrected chi connectivity index (χ2v) is 17.3. The maximum Gasteiger partial charge on any atom is 0.207 e. The van der Waals surface area contributed by atoms with Crippen LogP contribution in [0.4, 0.5) is 0 Å². The molecule has 0 aliphatic carbocycles. The fraction of sp³-hybridized carbons (Fsp3) is 0. The smallest absolute Gasteiger partial charge is 0.207 e. The first-order valence-corrected chi connectivity index (χ1v) is 20.1. The molecule has 5 heterocycles. The summed E-state index contributed by atoms with van der Waals surface area (Å²) in [7, 11) is 0. The van der Waals surface area contributed by atoms with Crippen LogP contribution < -0.4 is 9.47 Å². The molecule has 2 aliphatic heterocycles.